The zero-order valence-electron chi connectivity index (χ0n) is 7.42. The summed E-state index contributed by atoms with van der Waals surface area (Å²) < 4.78 is 9.77. The van der Waals surface area contributed by atoms with E-state index in [4.69, 9.17) is 9.39 Å². The van der Waals surface area contributed by atoms with Crippen LogP contribution in [0.15, 0.2) is 0 Å². The maximum atomic E-state index is 10.9. The molecule has 4 heteroatoms. The predicted molar refractivity (Wildman–Crippen MR) is 45.2 cm³/mol. The summed E-state index contributed by atoms with van der Waals surface area (Å²) >= 11 is 0. The Bertz CT molecular complexity index is 114. The normalized spacial score (nSPS) is 10.5. The molecule has 0 aliphatic heterocycles. The number of hydrogen-bond donors (Lipinski definition) is 0. The van der Waals surface area contributed by atoms with E-state index in [-0.39, 0.29) is 18.3 Å². The first-order valence-electron chi connectivity index (χ1n) is 3.78. The van der Waals surface area contributed by atoms with Gasteiger partial charge in [-0.15, -0.1) is 0 Å². The van der Waals surface area contributed by atoms with Crippen LogP contribution < -0.4 is 0 Å². The Labute approximate surface area is 68.5 Å². The van der Waals surface area contributed by atoms with Gasteiger partial charge in [0.25, 0.3) is 8.05 Å². The summed E-state index contributed by atoms with van der Waals surface area (Å²) in [6.45, 7) is 4.98. The highest BCUT2D eigenvalue weighted by Crippen LogP contribution is 1.93. The van der Waals surface area contributed by atoms with Gasteiger partial charge in [0.2, 0.25) is 0 Å². The summed E-state index contributed by atoms with van der Waals surface area (Å²) in [4.78, 5) is 10.9. The van der Waals surface area contributed by atoms with Crippen molar-refractivity contribution in [2.75, 3.05) is 19.8 Å². The van der Waals surface area contributed by atoms with E-state index >= 15 is 0 Å². The molecule has 0 heterocycles. The molecule has 0 saturated carbocycles. The summed E-state index contributed by atoms with van der Waals surface area (Å²) in [5.41, 5.74) is 0. The van der Waals surface area contributed by atoms with Crippen molar-refractivity contribution in [1.82, 2.24) is 0 Å². The standard InChI is InChI=1S/C7H15BO3/c1-6(2)7(9)5-10-3-4-11-8/h6H,3-5,8H2,1-2H3. The number of ether oxygens (including phenoxy) is 1. The Morgan fingerprint density at radius 3 is 2.55 bits per heavy atom. The van der Waals surface area contributed by atoms with E-state index in [1.165, 1.54) is 0 Å². The molecule has 64 valence electrons. The topological polar surface area (TPSA) is 35.5 Å². The average Bonchev–Trinajstić information content (AvgIpc) is 1.97. The highest BCUT2D eigenvalue weighted by molar-refractivity contribution is 5.97. The van der Waals surface area contributed by atoms with E-state index in [9.17, 15) is 4.79 Å². The van der Waals surface area contributed by atoms with Crippen molar-refractivity contribution in [3.63, 3.8) is 0 Å². The number of carbonyl (C=O) groups excluding carboxylic acids is 1. The van der Waals surface area contributed by atoms with Crippen LogP contribution in [0.1, 0.15) is 13.8 Å². The van der Waals surface area contributed by atoms with Gasteiger partial charge in [0, 0.05) is 5.92 Å². The molecule has 0 amide bonds. The Hall–Kier alpha value is -0.345. The van der Waals surface area contributed by atoms with Crippen molar-refractivity contribution < 1.29 is 14.2 Å². The summed E-state index contributed by atoms with van der Waals surface area (Å²) in [7, 11) is 1.60. The smallest absolute Gasteiger partial charge is 0.257 e. The van der Waals surface area contributed by atoms with Crippen molar-refractivity contribution >= 4 is 13.8 Å². The average molecular weight is 158 g/mol. The third-order valence-corrected chi connectivity index (χ3v) is 1.32. The van der Waals surface area contributed by atoms with Crippen molar-refractivity contribution in [3.05, 3.63) is 0 Å². The highest BCUT2D eigenvalue weighted by Gasteiger charge is 2.05. The lowest BCUT2D eigenvalue weighted by atomic mass is 10.1. The minimum atomic E-state index is 0.0672. The lowest BCUT2D eigenvalue weighted by molar-refractivity contribution is -0.126. The number of rotatable bonds is 6. The van der Waals surface area contributed by atoms with Gasteiger partial charge in [-0.25, -0.2) is 0 Å². The van der Waals surface area contributed by atoms with E-state index in [0.717, 1.165) is 0 Å². The SMILES string of the molecule is BOCCOCC(=O)C(C)C. The third kappa shape index (κ3) is 6.07. The molecule has 0 saturated heterocycles. The molecule has 0 aliphatic carbocycles. The van der Waals surface area contributed by atoms with Gasteiger partial charge in [-0.3, -0.25) is 4.79 Å². The molecule has 11 heavy (non-hydrogen) atoms. The molecular weight excluding hydrogens is 143 g/mol. The van der Waals surface area contributed by atoms with Crippen LogP contribution in [-0.4, -0.2) is 33.7 Å². The molecule has 0 aliphatic rings. The summed E-state index contributed by atoms with van der Waals surface area (Å²) in [5, 5.41) is 0. The predicted octanol–water partition coefficient (Wildman–Crippen LogP) is -0.207. The number of carbonyl (C=O) groups is 1. The van der Waals surface area contributed by atoms with E-state index < -0.39 is 0 Å². The maximum Gasteiger partial charge on any atom is 0.257 e. The van der Waals surface area contributed by atoms with Crippen molar-refractivity contribution in [1.29, 1.82) is 0 Å². The molecule has 0 aromatic rings. The van der Waals surface area contributed by atoms with Crippen LogP contribution in [0.2, 0.25) is 0 Å². The summed E-state index contributed by atoms with van der Waals surface area (Å²) in [6, 6.07) is 0. The molecule has 0 spiro atoms. The van der Waals surface area contributed by atoms with Crippen molar-refractivity contribution in [2.45, 2.75) is 13.8 Å². The van der Waals surface area contributed by atoms with Crippen LogP contribution in [0.25, 0.3) is 0 Å². The molecule has 0 fully saturated rings. The van der Waals surface area contributed by atoms with Gasteiger partial charge in [0.1, 0.15) is 6.61 Å². The van der Waals surface area contributed by atoms with Gasteiger partial charge in [-0.1, -0.05) is 13.8 Å². The Morgan fingerprint density at radius 2 is 2.09 bits per heavy atom. The molecular formula is C7H15BO3. The zero-order chi connectivity index (χ0) is 8.69. The highest BCUT2D eigenvalue weighted by atomic mass is 16.5. The van der Waals surface area contributed by atoms with E-state index in [2.05, 4.69) is 0 Å². The summed E-state index contributed by atoms with van der Waals surface area (Å²) in [5.74, 6) is 0.207. The Balaban J connectivity index is 3.18. The number of hydrogen-bond acceptors (Lipinski definition) is 3. The number of ketones is 1. The largest absolute Gasteiger partial charge is 0.442 e. The van der Waals surface area contributed by atoms with Crippen molar-refractivity contribution in [2.24, 2.45) is 5.92 Å². The first-order valence-corrected chi connectivity index (χ1v) is 3.78. The minimum Gasteiger partial charge on any atom is -0.442 e. The zero-order valence-corrected chi connectivity index (χ0v) is 7.42. The molecule has 0 aromatic carbocycles. The fourth-order valence-corrected chi connectivity index (χ4v) is 0.482. The lowest BCUT2D eigenvalue weighted by Crippen LogP contribution is -2.16. The van der Waals surface area contributed by atoms with Gasteiger partial charge in [-0.05, 0) is 0 Å². The van der Waals surface area contributed by atoms with Crippen LogP contribution in [-0.2, 0) is 14.2 Å². The second-order valence-corrected chi connectivity index (χ2v) is 2.67. The molecule has 0 N–H and O–H groups in total. The van der Waals surface area contributed by atoms with Gasteiger partial charge < -0.3 is 9.39 Å². The molecule has 0 aromatic heterocycles. The first kappa shape index (κ1) is 10.7. The minimum absolute atomic E-state index is 0.0672. The fourth-order valence-electron chi connectivity index (χ4n) is 0.482. The maximum absolute atomic E-state index is 10.9. The van der Waals surface area contributed by atoms with Crippen LogP contribution in [0.3, 0.4) is 0 Å². The van der Waals surface area contributed by atoms with Gasteiger partial charge in [-0.2, -0.15) is 0 Å². The van der Waals surface area contributed by atoms with Gasteiger partial charge in [0.15, 0.2) is 5.78 Å². The van der Waals surface area contributed by atoms with Crippen LogP contribution in [0.5, 0.6) is 0 Å². The third-order valence-electron chi connectivity index (χ3n) is 1.32. The second kappa shape index (κ2) is 6.37. The number of Topliss-reactive ketones (excluding diaryl/α,β-unsaturated/α-hetero) is 1. The van der Waals surface area contributed by atoms with E-state index in [0.29, 0.717) is 13.2 Å². The Morgan fingerprint density at radius 1 is 1.45 bits per heavy atom. The molecule has 0 unspecified atom stereocenters. The summed E-state index contributed by atoms with van der Waals surface area (Å²) in [6.07, 6.45) is 0. The van der Waals surface area contributed by atoms with Gasteiger partial charge in [0.05, 0.1) is 13.2 Å². The molecule has 0 bridgehead atoms. The van der Waals surface area contributed by atoms with Crippen molar-refractivity contribution in [3.8, 4) is 0 Å². The van der Waals surface area contributed by atoms with Crippen LogP contribution >= 0.6 is 0 Å². The fraction of sp³-hybridized carbons (Fsp3) is 0.857. The molecule has 0 atom stereocenters. The Kier molecular flexibility index (Phi) is 6.17. The molecule has 0 radical (unpaired) electrons. The van der Waals surface area contributed by atoms with Gasteiger partial charge >= 0.3 is 0 Å². The van der Waals surface area contributed by atoms with E-state index in [1.54, 1.807) is 8.05 Å². The van der Waals surface area contributed by atoms with Crippen LogP contribution in [0, 0.1) is 5.92 Å². The van der Waals surface area contributed by atoms with E-state index in [1.807, 2.05) is 13.8 Å². The quantitative estimate of drug-likeness (QED) is 0.396. The monoisotopic (exact) mass is 158 g/mol. The molecule has 0 rings (SSSR count). The molecule has 3 nitrogen and oxygen atoms in total. The van der Waals surface area contributed by atoms with Crippen LogP contribution in [0.4, 0.5) is 0 Å². The lowest BCUT2D eigenvalue weighted by Gasteiger charge is -2.04. The first-order chi connectivity index (χ1) is 5.18. The second-order valence-electron chi connectivity index (χ2n) is 2.67.